The van der Waals surface area contributed by atoms with Crippen LogP contribution in [-0.4, -0.2) is 31.8 Å². The van der Waals surface area contributed by atoms with Crippen LogP contribution in [0.5, 0.6) is 11.5 Å². The van der Waals surface area contributed by atoms with Gasteiger partial charge in [-0.25, -0.2) is 18.3 Å². The SMILES string of the molecule is Cc1c(O)c(Nc2ccc(C(C)N=CCn3cc[n+](C)c3)cc2)cc(Nc2ccc(C(C)N=CCn3cc[n+](C)c3)cc2)c1O. The molecule has 2 aromatic heterocycles. The Balaban J connectivity index is 1.22. The summed E-state index contributed by atoms with van der Waals surface area (Å²) >= 11 is 0. The van der Waals surface area contributed by atoms with Crippen LogP contribution in [0.4, 0.5) is 22.7 Å². The van der Waals surface area contributed by atoms with Gasteiger partial charge < -0.3 is 20.8 Å². The molecule has 45 heavy (non-hydrogen) atoms. The van der Waals surface area contributed by atoms with Crippen molar-refractivity contribution in [1.29, 1.82) is 0 Å². The predicted molar refractivity (Wildman–Crippen MR) is 179 cm³/mol. The van der Waals surface area contributed by atoms with Crippen molar-refractivity contribution in [2.75, 3.05) is 10.6 Å². The number of phenols is 2. The largest absolute Gasteiger partial charge is 0.505 e. The van der Waals surface area contributed by atoms with Crippen molar-refractivity contribution in [3.05, 3.63) is 109 Å². The molecule has 5 rings (SSSR count). The minimum absolute atomic E-state index is 0.00536. The average Bonchev–Trinajstić information content (AvgIpc) is 3.65. The molecule has 232 valence electrons. The smallest absolute Gasteiger partial charge is 0.243 e. The third-order valence-electron chi connectivity index (χ3n) is 7.74. The summed E-state index contributed by atoms with van der Waals surface area (Å²) in [6.07, 6.45) is 15.9. The monoisotopic (exact) mass is 606 g/mol. The molecule has 0 spiro atoms. The number of aryl methyl sites for hydroxylation is 2. The van der Waals surface area contributed by atoms with E-state index in [0.29, 0.717) is 30.0 Å². The highest BCUT2D eigenvalue weighted by atomic mass is 16.3. The van der Waals surface area contributed by atoms with Crippen molar-refractivity contribution in [3.63, 3.8) is 0 Å². The van der Waals surface area contributed by atoms with Crippen LogP contribution in [0.3, 0.4) is 0 Å². The second-order valence-corrected chi connectivity index (χ2v) is 11.4. The Bertz CT molecular complexity index is 1660. The van der Waals surface area contributed by atoms with Crippen molar-refractivity contribution < 1.29 is 19.3 Å². The van der Waals surface area contributed by atoms with Crippen LogP contribution >= 0.6 is 0 Å². The second-order valence-electron chi connectivity index (χ2n) is 11.4. The molecule has 0 aliphatic carbocycles. The lowest BCUT2D eigenvalue weighted by atomic mass is 10.1. The van der Waals surface area contributed by atoms with E-state index in [2.05, 4.69) is 43.6 Å². The molecule has 3 aromatic carbocycles. The first-order chi connectivity index (χ1) is 21.7. The highest BCUT2D eigenvalue weighted by molar-refractivity contribution is 5.80. The van der Waals surface area contributed by atoms with Gasteiger partial charge >= 0.3 is 0 Å². The van der Waals surface area contributed by atoms with Crippen LogP contribution in [0.25, 0.3) is 0 Å². The van der Waals surface area contributed by atoms with Gasteiger partial charge in [0.2, 0.25) is 12.7 Å². The Kier molecular flexibility index (Phi) is 9.62. The molecule has 0 fully saturated rings. The van der Waals surface area contributed by atoms with Gasteiger partial charge in [0.05, 0.1) is 37.6 Å². The number of anilines is 4. The summed E-state index contributed by atoms with van der Waals surface area (Å²) < 4.78 is 8.13. The molecule has 2 atom stereocenters. The molecule has 5 aromatic rings. The topological polar surface area (TPSA) is 107 Å². The maximum Gasteiger partial charge on any atom is 0.243 e. The number of hydrogen-bond acceptors (Lipinski definition) is 6. The van der Waals surface area contributed by atoms with Crippen LogP contribution < -0.4 is 19.8 Å². The van der Waals surface area contributed by atoms with Crippen LogP contribution in [-0.2, 0) is 27.2 Å². The van der Waals surface area contributed by atoms with Gasteiger partial charge in [-0.3, -0.25) is 9.98 Å². The lowest BCUT2D eigenvalue weighted by Crippen LogP contribution is -2.23. The Labute approximate surface area is 264 Å². The highest BCUT2D eigenvalue weighted by Crippen LogP contribution is 2.42. The number of benzene rings is 3. The van der Waals surface area contributed by atoms with E-state index in [4.69, 9.17) is 0 Å². The summed E-state index contributed by atoms with van der Waals surface area (Å²) in [5.41, 5.74) is 5.15. The van der Waals surface area contributed by atoms with Crippen molar-refractivity contribution in [3.8, 4) is 11.5 Å². The van der Waals surface area contributed by atoms with Crippen molar-refractivity contribution >= 4 is 35.2 Å². The molecule has 4 N–H and O–H groups in total. The molecule has 0 saturated heterocycles. The number of imidazole rings is 2. The van der Waals surface area contributed by atoms with E-state index in [-0.39, 0.29) is 23.6 Å². The van der Waals surface area contributed by atoms with Gasteiger partial charge in [0.1, 0.15) is 49.4 Å². The first kappa shape index (κ1) is 31.1. The van der Waals surface area contributed by atoms with Crippen molar-refractivity contribution in [2.45, 2.75) is 45.9 Å². The maximum absolute atomic E-state index is 10.8. The van der Waals surface area contributed by atoms with Gasteiger partial charge in [0.25, 0.3) is 0 Å². The van der Waals surface area contributed by atoms with E-state index in [0.717, 1.165) is 22.5 Å². The number of nitrogens with one attached hydrogen (secondary N) is 2. The molecule has 2 unspecified atom stereocenters. The molecule has 0 amide bonds. The first-order valence-electron chi connectivity index (χ1n) is 15.0. The average molecular weight is 607 g/mol. The lowest BCUT2D eigenvalue weighted by molar-refractivity contribution is -0.671. The number of aromatic hydroxyl groups is 2. The Hall–Kier alpha value is -5.38. The number of aliphatic imine (C=N–C) groups is 2. The first-order valence-corrected chi connectivity index (χ1v) is 15.0. The summed E-state index contributed by atoms with van der Waals surface area (Å²) in [7, 11) is 3.99. The quantitative estimate of drug-likeness (QED) is 0.0623. The van der Waals surface area contributed by atoms with Crippen LogP contribution in [0.2, 0.25) is 0 Å². The maximum atomic E-state index is 10.8. The van der Waals surface area contributed by atoms with Crippen LogP contribution in [0, 0.1) is 6.92 Å². The normalized spacial score (nSPS) is 13.0. The fourth-order valence-corrected chi connectivity index (χ4v) is 4.98. The number of aromatic nitrogens is 4. The zero-order chi connectivity index (χ0) is 31.9. The molecule has 2 heterocycles. The molecular formula is C35H42N8O2+2. The van der Waals surface area contributed by atoms with Gasteiger partial charge in [-0.2, -0.15) is 0 Å². The van der Waals surface area contributed by atoms with Crippen molar-refractivity contribution in [1.82, 2.24) is 9.13 Å². The van der Waals surface area contributed by atoms with Gasteiger partial charge in [-0.05, 0) is 62.2 Å². The standard InChI is InChI=1S/C35H40N8O2/c1-25-34(44)32(38-30-10-6-28(7-11-30)26(2)36-14-16-42-20-18-40(4)23-42)22-33(35(25)45)39-31-12-8-29(9-13-31)27(3)37-15-17-43-21-19-41(5)24-43/h6-15,18-24,26-27,38-39H,16-17H2,1-5H3/p+2. The van der Waals surface area contributed by atoms with Crippen molar-refractivity contribution in [2.24, 2.45) is 24.1 Å². The van der Waals surface area contributed by atoms with Crippen LogP contribution in [0.15, 0.2) is 102 Å². The third kappa shape index (κ3) is 7.97. The van der Waals surface area contributed by atoms with E-state index in [9.17, 15) is 10.2 Å². The zero-order valence-electron chi connectivity index (χ0n) is 26.5. The van der Waals surface area contributed by atoms with Gasteiger partial charge in [0, 0.05) is 29.4 Å². The summed E-state index contributed by atoms with van der Waals surface area (Å²) in [4.78, 5) is 9.36. The summed E-state index contributed by atoms with van der Waals surface area (Å²) in [5.74, 6) is -0.0107. The molecule has 0 aliphatic rings. The minimum atomic E-state index is -0.00536. The Morgan fingerprint density at radius 2 is 1.11 bits per heavy atom. The fraction of sp³-hybridized carbons (Fsp3) is 0.257. The number of hydrogen-bond donors (Lipinski definition) is 4. The Morgan fingerprint density at radius 3 is 1.47 bits per heavy atom. The minimum Gasteiger partial charge on any atom is -0.505 e. The summed E-state index contributed by atoms with van der Waals surface area (Å²) in [5, 5.41) is 28.2. The number of rotatable bonds is 12. The number of nitrogens with zero attached hydrogens (tertiary/aromatic N) is 6. The van der Waals surface area contributed by atoms with E-state index in [1.807, 2.05) is 122 Å². The number of phenolic OH excluding ortho intramolecular Hbond substituents is 2. The van der Waals surface area contributed by atoms with Gasteiger partial charge in [-0.15, -0.1) is 0 Å². The molecule has 0 radical (unpaired) electrons. The second kappa shape index (κ2) is 13.9. The summed E-state index contributed by atoms with van der Waals surface area (Å²) in [6.45, 7) is 7.24. The van der Waals surface area contributed by atoms with E-state index < -0.39 is 0 Å². The zero-order valence-corrected chi connectivity index (χ0v) is 26.5. The predicted octanol–water partition coefficient (Wildman–Crippen LogP) is 5.81. The molecule has 10 nitrogen and oxygen atoms in total. The van der Waals surface area contributed by atoms with E-state index >= 15 is 0 Å². The molecule has 0 bridgehead atoms. The molecular weight excluding hydrogens is 564 g/mol. The highest BCUT2D eigenvalue weighted by Gasteiger charge is 2.15. The van der Waals surface area contributed by atoms with E-state index in [1.54, 1.807) is 13.0 Å². The van der Waals surface area contributed by atoms with Gasteiger partial charge in [0.15, 0.2) is 0 Å². The Morgan fingerprint density at radius 1 is 0.711 bits per heavy atom. The molecule has 10 heteroatoms. The lowest BCUT2D eigenvalue weighted by Gasteiger charge is -2.17. The molecule has 0 saturated carbocycles. The summed E-state index contributed by atoms with van der Waals surface area (Å²) in [6, 6.07) is 17.7. The fourth-order valence-electron chi connectivity index (χ4n) is 4.98. The third-order valence-corrected chi connectivity index (χ3v) is 7.74. The van der Waals surface area contributed by atoms with Gasteiger partial charge in [-0.1, -0.05) is 24.3 Å². The molecule has 0 aliphatic heterocycles. The van der Waals surface area contributed by atoms with E-state index in [1.165, 1.54) is 0 Å². The van der Waals surface area contributed by atoms with Crippen LogP contribution in [0.1, 0.15) is 42.6 Å².